The molecule has 5 nitrogen and oxygen atoms in total. The number of rotatable bonds is 2. The molecule has 1 amide bonds. The highest BCUT2D eigenvalue weighted by atomic mass is 35.5. The Morgan fingerprint density at radius 1 is 1.37 bits per heavy atom. The van der Waals surface area contributed by atoms with Crippen molar-refractivity contribution in [2.24, 2.45) is 0 Å². The lowest BCUT2D eigenvalue weighted by Crippen LogP contribution is -2.37. The summed E-state index contributed by atoms with van der Waals surface area (Å²) in [7, 11) is -3.67. The van der Waals surface area contributed by atoms with E-state index in [1.807, 2.05) is 0 Å². The van der Waals surface area contributed by atoms with Gasteiger partial charge in [-0.15, -0.1) is 0 Å². The normalized spacial score (nSPS) is 17.9. The van der Waals surface area contributed by atoms with Crippen LogP contribution >= 0.6 is 11.6 Å². The summed E-state index contributed by atoms with van der Waals surface area (Å²) in [6, 6.07) is 4.60. The molecule has 0 spiro atoms. The topological polar surface area (TPSA) is 66.5 Å². The van der Waals surface area contributed by atoms with Gasteiger partial charge in [0.15, 0.2) is 0 Å². The monoisotopic (exact) mass is 302 g/mol. The van der Waals surface area contributed by atoms with Gasteiger partial charge in [0, 0.05) is 18.1 Å². The number of hydrogen-bond donors (Lipinski definition) is 1. The smallest absolute Gasteiger partial charge is 0.243 e. The van der Waals surface area contributed by atoms with E-state index in [2.05, 4.69) is 5.32 Å². The number of hydrogen-bond acceptors (Lipinski definition) is 3. The third-order valence-corrected chi connectivity index (χ3v) is 5.26. The first-order valence-electron chi connectivity index (χ1n) is 5.94. The zero-order chi connectivity index (χ0) is 14.0. The maximum Gasteiger partial charge on any atom is 0.243 e. The Bertz CT molecular complexity index is 601. The van der Waals surface area contributed by atoms with Crippen molar-refractivity contribution in [2.45, 2.75) is 18.2 Å². The summed E-state index contributed by atoms with van der Waals surface area (Å²) in [6.07, 6.45) is 0.602. The van der Waals surface area contributed by atoms with Crippen LogP contribution in [0.2, 0.25) is 5.02 Å². The Balaban J connectivity index is 2.35. The van der Waals surface area contributed by atoms with Gasteiger partial charge in [-0.3, -0.25) is 4.79 Å². The summed E-state index contributed by atoms with van der Waals surface area (Å²) in [5.74, 6) is -0.278. The number of aryl methyl sites for hydroxylation is 1. The van der Waals surface area contributed by atoms with Gasteiger partial charge in [-0.05, 0) is 31.0 Å². The van der Waals surface area contributed by atoms with E-state index >= 15 is 0 Å². The molecule has 1 heterocycles. The van der Waals surface area contributed by atoms with Crippen LogP contribution in [0.1, 0.15) is 12.0 Å². The van der Waals surface area contributed by atoms with Gasteiger partial charge in [0.05, 0.1) is 11.4 Å². The third kappa shape index (κ3) is 3.08. The van der Waals surface area contributed by atoms with Gasteiger partial charge >= 0.3 is 0 Å². The molecule has 1 aromatic carbocycles. The van der Waals surface area contributed by atoms with E-state index in [1.54, 1.807) is 13.0 Å². The highest BCUT2D eigenvalue weighted by Gasteiger charge is 2.28. The van der Waals surface area contributed by atoms with E-state index in [1.165, 1.54) is 16.4 Å². The molecule has 0 radical (unpaired) electrons. The SMILES string of the molecule is Cc1ccc(S(=O)(=O)N2CCCNC(=O)C2)cc1Cl. The number of nitrogens with one attached hydrogen (secondary N) is 1. The molecular formula is C12H15ClN2O3S. The number of benzene rings is 1. The Hall–Kier alpha value is -1.11. The first-order chi connectivity index (χ1) is 8.91. The van der Waals surface area contributed by atoms with Crippen molar-refractivity contribution in [3.05, 3.63) is 28.8 Å². The Morgan fingerprint density at radius 2 is 2.11 bits per heavy atom. The summed E-state index contributed by atoms with van der Waals surface area (Å²) >= 11 is 5.96. The average molecular weight is 303 g/mol. The van der Waals surface area contributed by atoms with Crippen LogP contribution < -0.4 is 5.32 Å². The second-order valence-corrected chi connectivity index (χ2v) is 6.80. The van der Waals surface area contributed by atoms with E-state index in [9.17, 15) is 13.2 Å². The van der Waals surface area contributed by atoms with Crippen molar-refractivity contribution in [3.63, 3.8) is 0 Å². The fourth-order valence-corrected chi connectivity index (χ4v) is 3.57. The van der Waals surface area contributed by atoms with Gasteiger partial charge in [-0.1, -0.05) is 17.7 Å². The molecule has 0 aromatic heterocycles. The van der Waals surface area contributed by atoms with Crippen molar-refractivity contribution in [2.75, 3.05) is 19.6 Å². The van der Waals surface area contributed by atoms with Gasteiger partial charge in [0.1, 0.15) is 0 Å². The zero-order valence-corrected chi connectivity index (χ0v) is 12.1. The molecule has 0 aliphatic carbocycles. The molecule has 1 aliphatic rings. The van der Waals surface area contributed by atoms with Crippen LogP contribution in [0.25, 0.3) is 0 Å². The minimum absolute atomic E-state index is 0.123. The van der Waals surface area contributed by atoms with Gasteiger partial charge in [0.25, 0.3) is 0 Å². The van der Waals surface area contributed by atoms with Crippen LogP contribution in [-0.2, 0) is 14.8 Å². The number of carbonyl (C=O) groups excluding carboxylic acids is 1. The second kappa shape index (κ2) is 5.48. The van der Waals surface area contributed by atoms with Gasteiger partial charge in [-0.25, -0.2) is 8.42 Å². The van der Waals surface area contributed by atoms with E-state index in [0.717, 1.165) is 5.56 Å². The van der Waals surface area contributed by atoms with E-state index in [-0.39, 0.29) is 17.3 Å². The van der Waals surface area contributed by atoms with Crippen molar-refractivity contribution in [1.82, 2.24) is 9.62 Å². The maximum absolute atomic E-state index is 12.4. The average Bonchev–Trinajstić information content (AvgIpc) is 2.57. The molecule has 0 bridgehead atoms. The van der Waals surface area contributed by atoms with Crippen molar-refractivity contribution >= 4 is 27.5 Å². The molecular weight excluding hydrogens is 288 g/mol. The first-order valence-corrected chi connectivity index (χ1v) is 7.76. The van der Waals surface area contributed by atoms with E-state index < -0.39 is 10.0 Å². The first kappa shape index (κ1) is 14.3. The molecule has 0 unspecified atom stereocenters. The molecule has 1 aromatic rings. The molecule has 19 heavy (non-hydrogen) atoms. The Morgan fingerprint density at radius 3 is 2.79 bits per heavy atom. The van der Waals surface area contributed by atoms with Crippen LogP contribution in [0.3, 0.4) is 0 Å². The number of sulfonamides is 1. The molecule has 1 aliphatic heterocycles. The lowest BCUT2D eigenvalue weighted by molar-refractivity contribution is -0.120. The van der Waals surface area contributed by atoms with Crippen molar-refractivity contribution in [3.8, 4) is 0 Å². The van der Waals surface area contributed by atoms with Crippen molar-refractivity contribution in [1.29, 1.82) is 0 Å². The lowest BCUT2D eigenvalue weighted by atomic mass is 10.2. The molecule has 2 rings (SSSR count). The van der Waals surface area contributed by atoms with Crippen LogP contribution in [-0.4, -0.2) is 38.3 Å². The summed E-state index contributed by atoms with van der Waals surface area (Å²) < 4.78 is 26.1. The van der Waals surface area contributed by atoms with Crippen LogP contribution in [0.4, 0.5) is 0 Å². The fourth-order valence-electron chi connectivity index (χ4n) is 1.87. The lowest BCUT2D eigenvalue weighted by Gasteiger charge is -2.19. The quantitative estimate of drug-likeness (QED) is 0.891. The summed E-state index contributed by atoms with van der Waals surface area (Å²) in [5, 5.41) is 3.05. The van der Waals surface area contributed by atoms with Crippen LogP contribution in [0.5, 0.6) is 0 Å². The maximum atomic E-state index is 12.4. The fraction of sp³-hybridized carbons (Fsp3) is 0.417. The molecule has 0 atom stereocenters. The molecule has 104 valence electrons. The minimum Gasteiger partial charge on any atom is -0.355 e. The predicted octanol–water partition coefficient (Wildman–Crippen LogP) is 1.16. The molecule has 1 fully saturated rings. The number of amides is 1. The number of halogens is 1. The largest absolute Gasteiger partial charge is 0.355 e. The van der Waals surface area contributed by atoms with E-state index in [0.29, 0.717) is 24.5 Å². The van der Waals surface area contributed by atoms with Crippen LogP contribution in [0, 0.1) is 6.92 Å². The van der Waals surface area contributed by atoms with Gasteiger partial charge in [-0.2, -0.15) is 4.31 Å². The summed E-state index contributed by atoms with van der Waals surface area (Å²) in [4.78, 5) is 11.6. The molecule has 0 saturated carbocycles. The summed E-state index contributed by atoms with van der Waals surface area (Å²) in [5.41, 5.74) is 0.814. The highest BCUT2D eigenvalue weighted by molar-refractivity contribution is 7.89. The minimum atomic E-state index is -3.67. The van der Waals surface area contributed by atoms with Gasteiger partial charge < -0.3 is 5.32 Å². The van der Waals surface area contributed by atoms with Crippen LogP contribution in [0.15, 0.2) is 23.1 Å². The Labute approximate surface area is 117 Å². The standard InChI is InChI=1S/C12H15ClN2O3S/c1-9-3-4-10(7-11(9)13)19(17,18)15-6-2-5-14-12(16)8-15/h3-4,7H,2,5-6,8H2,1H3,(H,14,16). The van der Waals surface area contributed by atoms with E-state index in [4.69, 9.17) is 11.6 Å². The van der Waals surface area contributed by atoms with Crippen molar-refractivity contribution < 1.29 is 13.2 Å². The number of nitrogens with zero attached hydrogens (tertiary/aromatic N) is 1. The Kier molecular flexibility index (Phi) is 4.13. The highest BCUT2D eigenvalue weighted by Crippen LogP contribution is 2.23. The predicted molar refractivity (Wildman–Crippen MR) is 72.6 cm³/mol. The molecule has 7 heteroatoms. The molecule has 1 N–H and O–H groups in total. The third-order valence-electron chi connectivity index (χ3n) is 3.01. The second-order valence-electron chi connectivity index (χ2n) is 4.45. The zero-order valence-electron chi connectivity index (χ0n) is 10.5. The van der Waals surface area contributed by atoms with Gasteiger partial charge in [0.2, 0.25) is 15.9 Å². The number of carbonyl (C=O) groups is 1. The summed E-state index contributed by atoms with van der Waals surface area (Å²) in [6.45, 7) is 2.48. The molecule has 1 saturated heterocycles.